The lowest BCUT2D eigenvalue weighted by Gasteiger charge is -2.27. The Morgan fingerprint density at radius 1 is 1.36 bits per heavy atom. The summed E-state index contributed by atoms with van der Waals surface area (Å²) < 4.78 is 0. The van der Waals surface area contributed by atoms with Crippen LogP contribution in [0.5, 0.6) is 0 Å². The van der Waals surface area contributed by atoms with Crippen molar-refractivity contribution in [2.24, 2.45) is 5.41 Å². The van der Waals surface area contributed by atoms with Gasteiger partial charge in [-0.2, -0.15) is 0 Å². The van der Waals surface area contributed by atoms with Crippen molar-refractivity contribution >= 4 is 12.2 Å². The van der Waals surface area contributed by atoms with Gasteiger partial charge in [0, 0.05) is 0 Å². The smallest absolute Gasteiger partial charge is 0.237 e. The number of hydrogen-bond donors (Lipinski definition) is 2. The van der Waals surface area contributed by atoms with Crippen molar-refractivity contribution in [3.8, 4) is 0 Å². The summed E-state index contributed by atoms with van der Waals surface area (Å²) in [5.74, 6) is -0.153. The topological polar surface area (TPSA) is 58.2 Å². The van der Waals surface area contributed by atoms with Crippen LogP contribution in [-0.4, -0.2) is 31.3 Å². The molecule has 0 rings (SSSR count). The van der Waals surface area contributed by atoms with E-state index < -0.39 is 6.04 Å². The zero-order valence-corrected chi connectivity index (χ0v) is 9.55. The third kappa shape index (κ3) is 3.87. The first-order valence-electron chi connectivity index (χ1n) is 4.76. The normalized spacial score (nSPS) is 15.8. The number of hydrogen-bond acceptors (Lipinski definition) is 3. The van der Waals surface area contributed by atoms with Crippen molar-refractivity contribution in [1.29, 1.82) is 0 Å². The first kappa shape index (κ1) is 13.1. The van der Waals surface area contributed by atoms with Gasteiger partial charge in [-0.3, -0.25) is 4.79 Å². The van der Waals surface area contributed by atoms with E-state index in [2.05, 4.69) is 10.6 Å². The van der Waals surface area contributed by atoms with Crippen LogP contribution in [0.4, 0.5) is 0 Å². The van der Waals surface area contributed by atoms with E-state index in [0.29, 0.717) is 0 Å². The fourth-order valence-corrected chi connectivity index (χ4v) is 0.864. The molecule has 0 aromatic heterocycles. The summed E-state index contributed by atoms with van der Waals surface area (Å²) >= 11 is 0. The number of amides is 1. The van der Waals surface area contributed by atoms with Crippen LogP contribution in [0.3, 0.4) is 0 Å². The third-order valence-electron chi connectivity index (χ3n) is 2.19. The Morgan fingerprint density at radius 2 is 1.86 bits per heavy atom. The molecule has 0 aromatic rings. The minimum absolute atomic E-state index is 0.153. The van der Waals surface area contributed by atoms with Crippen LogP contribution in [0, 0.1) is 5.41 Å². The van der Waals surface area contributed by atoms with Crippen LogP contribution >= 0.6 is 0 Å². The molecular formula is C10H20N2O2. The van der Waals surface area contributed by atoms with Gasteiger partial charge in [-0.1, -0.05) is 20.8 Å². The van der Waals surface area contributed by atoms with Gasteiger partial charge < -0.3 is 15.4 Å². The summed E-state index contributed by atoms with van der Waals surface area (Å²) in [4.78, 5) is 22.2. The van der Waals surface area contributed by atoms with E-state index in [4.69, 9.17) is 0 Å². The van der Waals surface area contributed by atoms with E-state index in [-0.39, 0.29) is 17.4 Å². The predicted molar refractivity (Wildman–Crippen MR) is 56.0 cm³/mol. The van der Waals surface area contributed by atoms with Gasteiger partial charge in [-0.25, -0.2) is 0 Å². The highest BCUT2D eigenvalue weighted by Gasteiger charge is 2.26. The quantitative estimate of drug-likeness (QED) is 0.643. The Labute approximate surface area is 85.4 Å². The molecule has 2 N–H and O–H groups in total. The fraction of sp³-hybridized carbons (Fsp3) is 0.800. The number of carbonyl (C=O) groups excluding carboxylic acids is 2. The second-order valence-electron chi connectivity index (χ2n) is 4.50. The Hall–Kier alpha value is -0.900. The summed E-state index contributed by atoms with van der Waals surface area (Å²) in [5, 5.41) is 5.51. The van der Waals surface area contributed by atoms with Gasteiger partial charge in [0.2, 0.25) is 5.91 Å². The molecule has 4 nitrogen and oxygen atoms in total. The van der Waals surface area contributed by atoms with E-state index in [9.17, 15) is 9.59 Å². The lowest BCUT2D eigenvalue weighted by Crippen LogP contribution is -2.50. The highest BCUT2D eigenvalue weighted by Crippen LogP contribution is 2.17. The van der Waals surface area contributed by atoms with Gasteiger partial charge in [-0.05, 0) is 19.4 Å². The van der Waals surface area contributed by atoms with Crippen LogP contribution in [0.1, 0.15) is 27.7 Å². The van der Waals surface area contributed by atoms with Crippen LogP contribution in [0.2, 0.25) is 0 Å². The molecular weight excluding hydrogens is 180 g/mol. The second-order valence-corrected chi connectivity index (χ2v) is 4.50. The maximum absolute atomic E-state index is 11.5. The van der Waals surface area contributed by atoms with Gasteiger partial charge in [0.1, 0.15) is 6.29 Å². The largest absolute Gasteiger partial charge is 0.345 e. The molecule has 0 aliphatic carbocycles. The van der Waals surface area contributed by atoms with Crippen LogP contribution in [0.25, 0.3) is 0 Å². The molecule has 0 bridgehead atoms. The zero-order valence-electron chi connectivity index (χ0n) is 9.55. The van der Waals surface area contributed by atoms with E-state index in [1.165, 1.54) is 0 Å². The maximum atomic E-state index is 11.5. The van der Waals surface area contributed by atoms with Crippen LogP contribution < -0.4 is 10.6 Å². The second kappa shape index (κ2) is 5.10. The van der Waals surface area contributed by atoms with E-state index >= 15 is 0 Å². The molecule has 0 aromatic carbocycles. The van der Waals surface area contributed by atoms with Crippen molar-refractivity contribution in [2.75, 3.05) is 7.05 Å². The minimum atomic E-state index is -0.439. The third-order valence-corrected chi connectivity index (χ3v) is 2.19. The molecule has 2 atom stereocenters. The molecule has 0 heterocycles. The molecule has 0 aliphatic heterocycles. The minimum Gasteiger partial charge on any atom is -0.345 e. The monoisotopic (exact) mass is 200 g/mol. The number of likely N-dealkylation sites (N-methyl/N-ethyl adjacent to an activating group) is 1. The molecule has 1 unspecified atom stereocenters. The Kier molecular flexibility index (Phi) is 4.77. The van der Waals surface area contributed by atoms with Crippen molar-refractivity contribution in [1.82, 2.24) is 10.6 Å². The SMILES string of the molecule is CN[C@@H](C)C(=O)NC(C=O)C(C)(C)C. The molecule has 0 spiro atoms. The van der Waals surface area contributed by atoms with E-state index in [0.717, 1.165) is 6.29 Å². The van der Waals surface area contributed by atoms with E-state index in [1.807, 2.05) is 20.8 Å². The van der Waals surface area contributed by atoms with Crippen LogP contribution in [-0.2, 0) is 9.59 Å². The lowest BCUT2D eigenvalue weighted by atomic mass is 9.87. The molecule has 0 fully saturated rings. The lowest BCUT2D eigenvalue weighted by molar-refractivity contribution is -0.126. The Balaban J connectivity index is 4.34. The van der Waals surface area contributed by atoms with Crippen molar-refractivity contribution < 1.29 is 9.59 Å². The Bertz CT molecular complexity index is 209. The molecule has 0 radical (unpaired) electrons. The van der Waals surface area contributed by atoms with Gasteiger partial charge in [-0.15, -0.1) is 0 Å². The summed E-state index contributed by atoms with van der Waals surface area (Å²) in [6.45, 7) is 7.49. The highest BCUT2D eigenvalue weighted by molar-refractivity contribution is 5.84. The van der Waals surface area contributed by atoms with E-state index in [1.54, 1.807) is 14.0 Å². The van der Waals surface area contributed by atoms with Crippen LogP contribution in [0.15, 0.2) is 0 Å². The van der Waals surface area contributed by atoms with Gasteiger partial charge in [0.25, 0.3) is 0 Å². The van der Waals surface area contributed by atoms with Gasteiger partial charge >= 0.3 is 0 Å². The van der Waals surface area contributed by atoms with Crippen molar-refractivity contribution in [3.05, 3.63) is 0 Å². The maximum Gasteiger partial charge on any atom is 0.237 e. The number of aldehydes is 1. The van der Waals surface area contributed by atoms with Gasteiger partial charge in [0.15, 0.2) is 0 Å². The number of carbonyl (C=O) groups is 2. The summed E-state index contributed by atoms with van der Waals surface area (Å²) in [5.41, 5.74) is -0.245. The average molecular weight is 200 g/mol. The molecule has 4 heteroatoms. The van der Waals surface area contributed by atoms with Crippen molar-refractivity contribution in [3.63, 3.8) is 0 Å². The first-order valence-corrected chi connectivity index (χ1v) is 4.76. The molecule has 0 aliphatic rings. The molecule has 0 saturated heterocycles. The molecule has 14 heavy (non-hydrogen) atoms. The Morgan fingerprint density at radius 3 is 2.14 bits per heavy atom. The highest BCUT2D eigenvalue weighted by atomic mass is 16.2. The predicted octanol–water partition coefficient (Wildman–Crippen LogP) is 0.324. The average Bonchev–Trinajstić information content (AvgIpc) is 2.10. The van der Waals surface area contributed by atoms with Crippen molar-refractivity contribution in [2.45, 2.75) is 39.8 Å². The molecule has 0 saturated carbocycles. The molecule has 82 valence electrons. The number of nitrogens with one attached hydrogen (secondary N) is 2. The standard InChI is InChI=1S/C10H20N2O2/c1-7(11-5)9(14)12-8(6-13)10(2,3)4/h6-8,11H,1-5H3,(H,12,14)/t7-,8?/m0/s1. The van der Waals surface area contributed by atoms with Gasteiger partial charge in [0.05, 0.1) is 12.1 Å². The molecule has 1 amide bonds. The summed E-state index contributed by atoms with van der Waals surface area (Å²) in [6.07, 6.45) is 0.778. The fourth-order valence-electron chi connectivity index (χ4n) is 0.864. The summed E-state index contributed by atoms with van der Waals surface area (Å²) in [7, 11) is 1.71. The zero-order chi connectivity index (χ0) is 11.4. The first-order chi connectivity index (χ1) is 6.32. The summed E-state index contributed by atoms with van der Waals surface area (Å²) in [6, 6.07) is -0.717. The number of rotatable bonds is 4.